The molecule has 2 rings (SSSR count). The molecule has 0 unspecified atom stereocenters. The summed E-state index contributed by atoms with van der Waals surface area (Å²) in [5.41, 5.74) is 0.616. The van der Waals surface area contributed by atoms with Crippen molar-refractivity contribution >= 4 is 34.6 Å². The number of nitro groups is 1. The number of benzene rings is 1. The van der Waals surface area contributed by atoms with E-state index in [1.54, 1.807) is 13.0 Å². The number of esters is 1. The molecule has 0 atom stereocenters. The molecule has 0 aliphatic rings. The van der Waals surface area contributed by atoms with Gasteiger partial charge in [-0.15, -0.1) is 0 Å². The highest BCUT2D eigenvalue weighted by Gasteiger charge is 2.18. The average Bonchev–Trinajstić information content (AvgIpc) is 2.49. The average molecular weight is 322 g/mol. The molecule has 0 saturated heterocycles. The predicted molar refractivity (Wildman–Crippen MR) is 81.6 cm³/mol. The van der Waals surface area contributed by atoms with Crippen molar-refractivity contribution in [1.82, 2.24) is 4.98 Å². The first-order chi connectivity index (χ1) is 10.5. The number of carbonyl (C=O) groups is 1. The Morgan fingerprint density at radius 1 is 1.41 bits per heavy atom. The molecule has 0 spiro atoms. The fourth-order valence-corrected chi connectivity index (χ4v) is 1.93. The van der Waals surface area contributed by atoms with E-state index in [2.05, 4.69) is 10.3 Å². The second-order valence-electron chi connectivity index (χ2n) is 4.19. The van der Waals surface area contributed by atoms with Gasteiger partial charge in [-0.3, -0.25) is 15.1 Å². The maximum absolute atomic E-state index is 11.7. The van der Waals surface area contributed by atoms with Gasteiger partial charge < -0.3 is 10.1 Å². The third-order valence-electron chi connectivity index (χ3n) is 2.75. The lowest BCUT2D eigenvalue weighted by atomic mass is 10.1. The Hall–Kier alpha value is -2.67. The van der Waals surface area contributed by atoms with Gasteiger partial charge in [0.2, 0.25) is 0 Å². The lowest BCUT2D eigenvalue weighted by molar-refractivity contribution is -0.383. The van der Waals surface area contributed by atoms with Crippen LogP contribution in [0.3, 0.4) is 0 Å². The Morgan fingerprint density at radius 3 is 2.82 bits per heavy atom. The Bertz CT molecular complexity index is 721. The first-order valence-corrected chi connectivity index (χ1v) is 6.72. The minimum absolute atomic E-state index is 0.142. The van der Waals surface area contributed by atoms with Crippen LogP contribution in [0.15, 0.2) is 36.7 Å². The molecule has 0 fully saturated rings. The van der Waals surface area contributed by atoms with Crippen LogP contribution in [-0.2, 0) is 4.74 Å². The van der Waals surface area contributed by atoms with E-state index < -0.39 is 10.9 Å². The van der Waals surface area contributed by atoms with Gasteiger partial charge in [-0.25, -0.2) is 4.79 Å². The van der Waals surface area contributed by atoms with Crippen LogP contribution in [0.4, 0.5) is 17.1 Å². The SMILES string of the molecule is CCOC(=O)c1ccc([N+](=O)[O-])c(Nc2ccncc2Cl)c1. The van der Waals surface area contributed by atoms with Crippen molar-refractivity contribution in [3.63, 3.8) is 0 Å². The molecule has 0 amide bonds. The molecule has 114 valence electrons. The highest BCUT2D eigenvalue weighted by atomic mass is 35.5. The van der Waals surface area contributed by atoms with Crippen LogP contribution in [0.2, 0.25) is 5.02 Å². The number of ether oxygens (including phenoxy) is 1. The third kappa shape index (κ3) is 3.50. The second-order valence-corrected chi connectivity index (χ2v) is 4.60. The summed E-state index contributed by atoms with van der Waals surface area (Å²) in [5.74, 6) is -0.554. The van der Waals surface area contributed by atoms with Gasteiger partial charge in [0.25, 0.3) is 5.69 Å². The number of hydrogen-bond donors (Lipinski definition) is 1. The van der Waals surface area contributed by atoms with Crippen LogP contribution >= 0.6 is 11.6 Å². The van der Waals surface area contributed by atoms with Gasteiger partial charge in [-0.2, -0.15) is 0 Å². The molecule has 1 N–H and O–H groups in total. The van der Waals surface area contributed by atoms with Crippen molar-refractivity contribution in [3.05, 3.63) is 57.4 Å². The fraction of sp³-hybridized carbons (Fsp3) is 0.143. The van der Waals surface area contributed by atoms with E-state index in [0.29, 0.717) is 10.7 Å². The Kier molecular flexibility index (Phi) is 4.90. The largest absolute Gasteiger partial charge is 0.462 e. The summed E-state index contributed by atoms with van der Waals surface area (Å²) in [6.45, 7) is 1.90. The fourth-order valence-electron chi connectivity index (χ4n) is 1.76. The smallest absolute Gasteiger partial charge is 0.338 e. The van der Waals surface area contributed by atoms with Crippen molar-refractivity contribution < 1.29 is 14.5 Å². The number of rotatable bonds is 5. The van der Waals surface area contributed by atoms with Crippen molar-refractivity contribution in [3.8, 4) is 0 Å². The predicted octanol–water partition coefficient (Wildman–Crippen LogP) is 3.56. The van der Waals surface area contributed by atoms with Crippen LogP contribution in [0.1, 0.15) is 17.3 Å². The van der Waals surface area contributed by atoms with Crippen molar-refractivity contribution in [2.24, 2.45) is 0 Å². The molecule has 1 heterocycles. The third-order valence-corrected chi connectivity index (χ3v) is 3.05. The zero-order valence-corrected chi connectivity index (χ0v) is 12.3. The van der Waals surface area contributed by atoms with Crippen LogP contribution in [0, 0.1) is 10.1 Å². The number of hydrogen-bond acceptors (Lipinski definition) is 6. The normalized spacial score (nSPS) is 10.1. The number of anilines is 2. The molecule has 7 nitrogen and oxygen atoms in total. The quantitative estimate of drug-likeness (QED) is 0.514. The van der Waals surface area contributed by atoms with E-state index in [-0.39, 0.29) is 23.5 Å². The van der Waals surface area contributed by atoms with Gasteiger partial charge in [-0.05, 0) is 25.1 Å². The second kappa shape index (κ2) is 6.86. The molecule has 2 aromatic rings. The zero-order chi connectivity index (χ0) is 16.1. The van der Waals surface area contributed by atoms with E-state index >= 15 is 0 Å². The molecular weight excluding hydrogens is 310 g/mol. The molecule has 0 bridgehead atoms. The van der Waals surface area contributed by atoms with Crippen LogP contribution in [0.25, 0.3) is 0 Å². The zero-order valence-electron chi connectivity index (χ0n) is 11.6. The van der Waals surface area contributed by atoms with Gasteiger partial charge in [0.05, 0.1) is 27.8 Å². The number of nitrogens with zero attached hydrogens (tertiary/aromatic N) is 2. The van der Waals surface area contributed by atoms with E-state index in [4.69, 9.17) is 16.3 Å². The summed E-state index contributed by atoms with van der Waals surface area (Å²) in [6, 6.07) is 5.51. The molecule has 1 aromatic heterocycles. The van der Waals surface area contributed by atoms with Gasteiger partial charge in [-0.1, -0.05) is 11.6 Å². The summed E-state index contributed by atoms with van der Waals surface area (Å²) >= 11 is 5.97. The monoisotopic (exact) mass is 321 g/mol. The van der Waals surface area contributed by atoms with E-state index in [9.17, 15) is 14.9 Å². The maximum atomic E-state index is 11.7. The highest BCUT2D eigenvalue weighted by Crippen LogP contribution is 2.31. The first kappa shape index (κ1) is 15.7. The molecule has 8 heteroatoms. The molecule has 0 aliphatic carbocycles. The van der Waals surface area contributed by atoms with Gasteiger partial charge in [0, 0.05) is 18.5 Å². The van der Waals surface area contributed by atoms with Crippen molar-refractivity contribution in [1.29, 1.82) is 0 Å². The Balaban J connectivity index is 2.42. The summed E-state index contributed by atoms with van der Waals surface area (Å²) in [6.07, 6.45) is 2.90. The Labute approximate surface area is 131 Å². The summed E-state index contributed by atoms with van der Waals surface area (Å²) in [4.78, 5) is 26.1. The molecule has 22 heavy (non-hydrogen) atoms. The number of halogens is 1. The number of pyridine rings is 1. The van der Waals surface area contributed by atoms with E-state index in [1.165, 1.54) is 30.6 Å². The van der Waals surface area contributed by atoms with Gasteiger partial charge >= 0.3 is 5.97 Å². The van der Waals surface area contributed by atoms with Crippen molar-refractivity contribution in [2.45, 2.75) is 6.92 Å². The molecule has 0 saturated carbocycles. The lowest BCUT2D eigenvalue weighted by Crippen LogP contribution is -2.06. The topological polar surface area (TPSA) is 94.4 Å². The minimum Gasteiger partial charge on any atom is -0.462 e. The molecule has 0 aliphatic heterocycles. The van der Waals surface area contributed by atoms with Crippen LogP contribution in [-0.4, -0.2) is 22.5 Å². The van der Waals surface area contributed by atoms with E-state index in [1.807, 2.05) is 0 Å². The van der Waals surface area contributed by atoms with Crippen LogP contribution in [0.5, 0.6) is 0 Å². The number of aromatic nitrogens is 1. The molecule has 0 radical (unpaired) electrons. The lowest BCUT2D eigenvalue weighted by Gasteiger charge is -2.10. The molecular formula is C14H12ClN3O4. The highest BCUT2D eigenvalue weighted by molar-refractivity contribution is 6.33. The molecule has 1 aromatic carbocycles. The van der Waals surface area contributed by atoms with Crippen LogP contribution < -0.4 is 5.32 Å². The maximum Gasteiger partial charge on any atom is 0.338 e. The van der Waals surface area contributed by atoms with E-state index in [0.717, 1.165) is 0 Å². The number of nitro benzene ring substituents is 1. The number of nitrogens with one attached hydrogen (secondary N) is 1. The summed E-state index contributed by atoms with van der Waals surface area (Å²) < 4.78 is 4.88. The van der Waals surface area contributed by atoms with Crippen molar-refractivity contribution in [2.75, 3.05) is 11.9 Å². The summed E-state index contributed by atoms with van der Waals surface area (Å²) in [7, 11) is 0. The Morgan fingerprint density at radius 2 is 2.18 bits per heavy atom. The minimum atomic E-state index is -0.554. The summed E-state index contributed by atoms with van der Waals surface area (Å²) in [5, 5.41) is 14.2. The first-order valence-electron chi connectivity index (χ1n) is 6.35. The standard InChI is InChI=1S/C14H12ClN3O4/c1-2-22-14(19)9-3-4-13(18(20)21)12(7-9)17-11-5-6-16-8-10(11)15/h3-8H,2H2,1H3,(H,16,17). The number of carbonyl (C=O) groups excluding carboxylic acids is 1. The van der Waals surface area contributed by atoms with Gasteiger partial charge in [0.1, 0.15) is 5.69 Å². The van der Waals surface area contributed by atoms with Gasteiger partial charge in [0.15, 0.2) is 0 Å².